The van der Waals surface area contributed by atoms with Gasteiger partial charge in [-0.15, -0.1) is 10.2 Å². The van der Waals surface area contributed by atoms with E-state index in [-0.39, 0.29) is 5.25 Å². The summed E-state index contributed by atoms with van der Waals surface area (Å²) in [6, 6.07) is 3.88. The Morgan fingerprint density at radius 3 is 2.95 bits per heavy atom. The van der Waals surface area contributed by atoms with Crippen LogP contribution in [-0.2, 0) is 16.3 Å². The number of rotatable bonds is 2. The van der Waals surface area contributed by atoms with Gasteiger partial charge in [-0.1, -0.05) is 12.5 Å². The molecule has 0 amide bonds. The van der Waals surface area contributed by atoms with E-state index in [2.05, 4.69) is 10.2 Å². The van der Waals surface area contributed by atoms with Gasteiger partial charge in [0, 0.05) is 12.6 Å². The molecule has 1 aliphatic rings. The number of nitrogens with zero attached hydrogens (tertiary/aromatic N) is 3. The van der Waals surface area contributed by atoms with Crippen molar-refractivity contribution in [3.63, 3.8) is 0 Å². The van der Waals surface area contributed by atoms with Crippen LogP contribution in [-0.4, -0.2) is 34.0 Å². The third-order valence-corrected chi connectivity index (χ3v) is 6.02. The van der Waals surface area contributed by atoms with Crippen molar-refractivity contribution in [3.05, 3.63) is 29.7 Å². The number of hydrogen-bond donors (Lipinski definition) is 0. The van der Waals surface area contributed by atoms with E-state index in [0.29, 0.717) is 12.2 Å². The van der Waals surface area contributed by atoms with Crippen molar-refractivity contribution in [3.8, 4) is 0 Å². The zero-order chi connectivity index (χ0) is 13.5. The van der Waals surface area contributed by atoms with Crippen LogP contribution in [0.1, 0.15) is 30.7 Å². The number of fused-ring (bicyclic) bond motifs is 1. The van der Waals surface area contributed by atoms with E-state index in [9.17, 15) is 8.42 Å². The van der Waals surface area contributed by atoms with Crippen LogP contribution in [0.5, 0.6) is 0 Å². The molecule has 1 unspecified atom stereocenters. The molecular weight excluding hydrogens is 262 g/mol. The molecule has 1 fully saturated rings. The molecule has 3 heterocycles. The molecule has 0 spiro atoms. The van der Waals surface area contributed by atoms with Crippen LogP contribution < -0.4 is 0 Å². The molecule has 2 aromatic rings. The average Bonchev–Trinajstić information content (AvgIpc) is 2.74. The predicted octanol–water partition coefficient (Wildman–Crippen LogP) is 1.55. The molecule has 0 aliphatic carbocycles. The summed E-state index contributed by atoms with van der Waals surface area (Å²) in [5.74, 6) is 1.06. The fourth-order valence-electron chi connectivity index (χ4n) is 2.64. The lowest BCUT2D eigenvalue weighted by Gasteiger charge is -2.21. The molecule has 1 saturated heterocycles. The van der Waals surface area contributed by atoms with Crippen LogP contribution in [0, 0.1) is 6.92 Å². The number of pyridine rings is 1. The molecule has 0 N–H and O–H groups in total. The van der Waals surface area contributed by atoms with Crippen LogP contribution in [0.2, 0.25) is 0 Å². The second-order valence-corrected chi connectivity index (χ2v) is 7.64. The number of aromatic nitrogens is 3. The van der Waals surface area contributed by atoms with Gasteiger partial charge in [0.25, 0.3) is 0 Å². The van der Waals surface area contributed by atoms with E-state index in [0.717, 1.165) is 36.3 Å². The lowest BCUT2D eigenvalue weighted by atomic mass is 10.1. The number of aryl methyl sites for hydroxylation is 1. The maximum Gasteiger partial charge on any atom is 0.160 e. The van der Waals surface area contributed by atoms with Gasteiger partial charge in [0.2, 0.25) is 0 Å². The van der Waals surface area contributed by atoms with E-state index in [4.69, 9.17) is 0 Å². The molecule has 2 aromatic heterocycles. The lowest BCUT2D eigenvalue weighted by molar-refractivity contribution is 0.533. The van der Waals surface area contributed by atoms with Crippen LogP contribution in [0.3, 0.4) is 0 Å². The summed E-state index contributed by atoms with van der Waals surface area (Å²) >= 11 is 0. The molecule has 1 atom stereocenters. The van der Waals surface area contributed by atoms with Gasteiger partial charge >= 0.3 is 0 Å². The van der Waals surface area contributed by atoms with Crippen LogP contribution in [0.15, 0.2) is 18.3 Å². The van der Waals surface area contributed by atoms with Crippen molar-refractivity contribution >= 4 is 15.5 Å². The van der Waals surface area contributed by atoms with Gasteiger partial charge in [-0.2, -0.15) is 0 Å². The molecule has 0 aromatic carbocycles. The summed E-state index contributed by atoms with van der Waals surface area (Å²) in [5, 5.41) is 7.94. The Bertz CT molecular complexity index is 706. The van der Waals surface area contributed by atoms with Crippen molar-refractivity contribution < 1.29 is 8.42 Å². The molecule has 102 valence electrons. The van der Waals surface area contributed by atoms with Crippen LogP contribution in [0.25, 0.3) is 5.65 Å². The molecule has 5 nitrogen and oxygen atoms in total. The molecular formula is C13H17N3O2S. The third-order valence-electron chi connectivity index (χ3n) is 3.74. The van der Waals surface area contributed by atoms with E-state index in [1.807, 2.05) is 29.7 Å². The van der Waals surface area contributed by atoms with Gasteiger partial charge in [0.1, 0.15) is 5.82 Å². The Hall–Kier alpha value is -1.43. The van der Waals surface area contributed by atoms with Gasteiger partial charge in [0.15, 0.2) is 15.5 Å². The molecule has 3 rings (SSSR count). The summed E-state index contributed by atoms with van der Waals surface area (Å²) < 4.78 is 26.0. The second-order valence-electron chi connectivity index (χ2n) is 5.24. The molecule has 19 heavy (non-hydrogen) atoms. The molecule has 0 radical (unpaired) electrons. The van der Waals surface area contributed by atoms with Gasteiger partial charge < -0.3 is 0 Å². The molecule has 1 aliphatic heterocycles. The Kier molecular flexibility index (Phi) is 3.05. The van der Waals surface area contributed by atoms with Gasteiger partial charge in [0.05, 0.1) is 11.0 Å². The monoisotopic (exact) mass is 279 g/mol. The third kappa shape index (κ3) is 2.36. The molecule has 0 saturated carbocycles. The molecule has 6 heteroatoms. The number of hydrogen-bond acceptors (Lipinski definition) is 4. The summed E-state index contributed by atoms with van der Waals surface area (Å²) in [6.07, 6.45) is 4.94. The van der Waals surface area contributed by atoms with Crippen molar-refractivity contribution in [2.75, 3.05) is 5.75 Å². The first-order valence-electron chi connectivity index (χ1n) is 6.58. The maximum absolute atomic E-state index is 12.1. The van der Waals surface area contributed by atoms with Crippen molar-refractivity contribution in [2.45, 2.75) is 37.9 Å². The minimum atomic E-state index is -2.96. The van der Waals surface area contributed by atoms with Gasteiger partial charge in [-0.25, -0.2) is 8.42 Å². The summed E-state index contributed by atoms with van der Waals surface area (Å²) in [6.45, 7) is 2.00. The first-order chi connectivity index (χ1) is 9.06. The van der Waals surface area contributed by atoms with Gasteiger partial charge in [-0.3, -0.25) is 4.40 Å². The summed E-state index contributed by atoms with van der Waals surface area (Å²) in [5.41, 5.74) is 1.88. The normalized spacial score (nSPS) is 22.7. The summed E-state index contributed by atoms with van der Waals surface area (Å²) in [7, 11) is -2.96. The van der Waals surface area contributed by atoms with Crippen molar-refractivity contribution in [1.29, 1.82) is 0 Å². The Balaban J connectivity index is 1.95. The quantitative estimate of drug-likeness (QED) is 0.836. The highest BCUT2D eigenvalue weighted by atomic mass is 32.2. The number of sulfone groups is 1. The van der Waals surface area contributed by atoms with E-state index in [1.54, 1.807) is 0 Å². The standard InChI is InChI=1S/C13H17N3O2S/c1-10-5-6-12-14-15-13(16(12)9-10)8-11-4-2-3-7-19(11,17)18/h5-6,9,11H,2-4,7-8H2,1H3. The van der Waals surface area contributed by atoms with Crippen molar-refractivity contribution in [2.24, 2.45) is 0 Å². The Morgan fingerprint density at radius 2 is 2.16 bits per heavy atom. The SMILES string of the molecule is Cc1ccc2nnc(CC3CCCCS3(=O)=O)n2c1. The van der Waals surface area contributed by atoms with E-state index >= 15 is 0 Å². The second kappa shape index (κ2) is 4.59. The van der Waals surface area contributed by atoms with E-state index < -0.39 is 9.84 Å². The Morgan fingerprint density at radius 1 is 1.32 bits per heavy atom. The zero-order valence-corrected chi connectivity index (χ0v) is 11.7. The fraction of sp³-hybridized carbons (Fsp3) is 0.538. The van der Waals surface area contributed by atoms with Crippen LogP contribution >= 0.6 is 0 Å². The average molecular weight is 279 g/mol. The topological polar surface area (TPSA) is 64.3 Å². The highest BCUT2D eigenvalue weighted by molar-refractivity contribution is 7.92. The Labute approximate surface area is 112 Å². The highest BCUT2D eigenvalue weighted by Crippen LogP contribution is 2.22. The first-order valence-corrected chi connectivity index (χ1v) is 8.30. The fourth-order valence-corrected chi connectivity index (χ4v) is 4.51. The lowest BCUT2D eigenvalue weighted by Crippen LogP contribution is -2.30. The van der Waals surface area contributed by atoms with Crippen LogP contribution in [0.4, 0.5) is 0 Å². The predicted molar refractivity (Wildman–Crippen MR) is 72.9 cm³/mol. The van der Waals surface area contributed by atoms with Gasteiger partial charge in [-0.05, 0) is 31.4 Å². The molecule has 0 bridgehead atoms. The first kappa shape index (κ1) is 12.6. The minimum absolute atomic E-state index is 0.297. The highest BCUT2D eigenvalue weighted by Gasteiger charge is 2.30. The largest absolute Gasteiger partial charge is 0.286 e. The van der Waals surface area contributed by atoms with E-state index in [1.165, 1.54) is 0 Å². The van der Waals surface area contributed by atoms with Crippen molar-refractivity contribution in [1.82, 2.24) is 14.6 Å². The zero-order valence-electron chi connectivity index (χ0n) is 10.9. The smallest absolute Gasteiger partial charge is 0.160 e. The summed E-state index contributed by atoms with van der Waals surface area (Å²) in [4.78, 5) is 0. The minimum Gasteiger partial charge on any atom is -0.286 e. The maximum atomic E-state index is 12.1.